The van der Waals surface area contributed by atoms with E-state index in [-0.39, 0.29) is 30.5 Å². The molecule has 0 aliphatic carbocycles. The third-order valence-corrected chi connectivity index (χ3v) is 4.94. The van der Waals surface area contributed by atoms with Gasteiger partial charge in [0.25, 0.3) is 0 Å². The number of halogens is 2. The molecule has 3 aromatic rings. The van der Waals surface area contributed by atoms with E-state index in [1.54, 1.807) is 18.3 Å². The van der Waals surface area contributed by atoms with Crippen molar-refractivity contribution >= 4 is 11.7 Å². The van der Waals surface area contributed by atoms with E-state index < -0.39 is 11.6 Å². The normalized spacial score (nSPS) is 15.0. The molecule has 0 radical (unpaired) electrons. The van der Waals surface area contributed by atoms with Crippen molar-refractivity contribution in [1.29, 1.82) is 0 Å². The molecule has 1 atom stereocenters. The molecule has 1 amide bonds. The van der Waals surface area contributed by atoms with Crippen molar-refractivity contribution in [1.82, 2.24) is 9.78 Å². The first-order valence-electron chi connectivity index (χ1n) is 9.68. The van der Waals surface area contributed by atoms with Gasteiger partial charge in [0, 0.05) is 24.0 Å². The van der Waals surface area contributed by atoms with Crippen LogP contribution in [0.4, 0.5) is 14.6 Å². The minimum absolute atomic E-state index is 0.0386. The second-order valence-electron chi connectivity index (χ2n) is 6.89. The van der Waals surface area contributed by atoms with Crippen LogP contribution < -0.4 is 14.8 Å². The Morgan fingerprint density at radius 2 is 2.06 bits per heavy atom. The summed E-state index contributed by atoms with van der Waals surface area (Å²) in [5, 5.41) is 7.00. The zero-order valence-corrected chi connectivity index (χ0v) is 16.7. The molecule has 8 heteroatoms. The maximum atomic E-state index is 14.3. The van der Waals surface area contributed by atoms with Gasteiger partial charge in [-0.05, 0) is 36.8 Å². The second kappa shape index (κ2) is 8.48. The molecule has 6 nitrogen and oxygen atoms in total. The van der Waals surface area contributed by atoms with Crippen molar-refractivity contribution in [3.63, 3.8) is 0 Å². The number of fused-ring (bicyclic) bond motifs is 1. The van der Waals surface area contributed by atoms with Gasteiger partial charge in [0.2, 0.25) is 5.91 Å². The highest BCUT2D eigenvalue weighted by Crippen LogP contribution is 2.41. The smallest absolute Gasteiger partial charge is 0.226 e. The lowest BCUT2D eigenvalue weighted by atomic mass is 9.87. The van der Waals surface area contributed by atoms with Crippen molar-refractivity contribution in [2.24, 2.45) is 0 Å². The zero-order chi connectivity index (χ0) is 22.0. The number of carbonyl (C=O) groups excluding carboxylic acids is 1. The van der Waals surface area contributed by atoms with E-state index in [9.17, 15) is 13.6 Å². The van der Waals surface area contributed by atoms with Crippen LogP contribution in [0.5, 0.6) is 11.5 Å². The third-order valence-electron chi connectivity index (χ3n) is 4.94. The van der Waals surface area contributed by atoms with Gasteiger partial charge in [-0.3, -0.25) is 4.79 Å². The highest BCUT2D eigenvalue weighted by molar-refractivity contribution is 5.94. The van der Waals surface area contributed by atoms with E-state index in [1.165, 1.54) is 10.7 Å². The van der Waals surface area contributed by atoms with Crippen LogP contribution >= 0.6 is 0 Å². The summed E-state index contributed by atoms with van der Waals surface area (Å²) < 4.78 is 40.1. The summed E-state index contributed by atoms with van der Waals surface area (Å²) in [5.41, 5.74) is 1.56. The number of carbonyl (C=O) groups is 1. The fraction of sp³-hybridized carbons (Fsp3) is 0.217. The van der Waals surface area contributed by atoms with Crippen molar-refractivity contribution < 1.29 is 23.0 Å². The summed E-state index contributed by atoms with van der Waals surface area (Å²) in [6.45, 7) is 2.38. The zero-order valence-electron chi connectivity index (χ0n) is 16.7. The van der Waals surface area contributed by atoms with Crippen LogP contribution in [0.3, 0.4) is 0 Å². The fourth-order valence-corrected chi connectivity index (χ4v) is 3.60. The first-order chi connectivity index (χ1) is 15.0. The Balaban J connectivity index is 1.76. The Morgan fingerprint density at radius 3 is 2.81 bits per heavy atom. The molecule has 0 bridgehead atoms. The molecule has 0 spiro atoms. The summed E-state index contributed by atoms with van der Waals surface area (Å²) in [6.07, 6.45) is 7.02. The Labute approximate surface area is 177 Å². The summed E-state index contributed by atoms with van der Waals surface area (Å²) >= 11 is 0. The largest absolute Gasteiger partial charge is 0.490 e. The quantitative estimate of drug-likeness (QED) is 0.608. The Morgan fingerprint density at radius 1 is 1.23 bits per heavy atom. The summed E-state index contributed by atoms with van der Waals surface area (Å²) in [6, 6.07) is 8.56. The molecule has 0 saturated heterocycles. The molecular weight excluding hydrogens is 404 g/mol. The topological polar surface area (TPSA) is 65.4 Å². The maximum absolute atomic E-state index is 14.3. The minimum atomic E-state index is -0.782. The van der Waals surface area contributed by atoms with Crippen LogP contribution in [0.2, 0.25) is 0 Å². The van der Waals surface area contributed by atoms with E-state index >= 15 is 0 Å². The number of anilines is 1. The molecule has 1 unspecified atom stereocenters. The van der Waals surface area contributed by atoms with Crippen molar-refractivity contribution in [3.8, 4) is 29.5 Å². The van der Waals surface area contributed by atoms with Crippen LogP contribution in [0, 0.1) is 24.0 Å². The molecule has 1 aliphatic rings. The number of hydrogen-bond donors (Lipinski definition) is 1. The fourth-order valence-electron chi connectivity index (χ4n) is 3.60. The van der Waals surface area contributed by atoms with Gasteiger partial charge in [-0.2, -0.15) is 5.10 Å². The monoisotopic (exact) mass is 423 g/mol. The first-order valence-corrected chi connectivity index (χ1v) is 9.68. The maximum Gasteiger partial charge on any atom is 0.226 e. The molecule has 2 aromatic carbocycles. The lowest BCUT2D eigenvalue weighted by Gasteiger charge is -2.24. The van der Waals surface area contributed by atoms with Gasteiger partial charge in [0.1, 0.15) is 23.9 Å². The van der Waals surface area contributed by atoms with Gasteiger partial charge in [0.15, 0.2) is 17.3 Å². The third kappa shape index (κ3) is 3.94. The molecule has 1 aliphatic heterocycles. The van der Waals surface area contributed by atoms with Gasteiger partial charge >= 0.3 is 0 Å². The van der Waals surface area contributed by atoms with Crippen LogP contribution in [0.15, 0.2) is 42.6 Å². The van der Waals surface area contributed by atoms with Crippen molar-refractivity contribution in [2.75, 3.05) is 18.5 Å². The Bertz CT molecular complexity index is 1180. The summed E-state index contributed by atoms with van der Waals surface area (Å²) in [4.78, 5) is 12.5. The predicted molar refractivity (Wildman–Crippen MR) is 111 cm³/mol. The van der Waals surface area contributed by atoms with Crippen LogP contribution in [0.1, 0.15) is 30.4 Å². The highest BCUT2D eigenvalue weighted by Gasteiger charge is 2.31. The highest BCUT2D eigenvalue weighted by atomic mass is 19.1. The van der Waals surface area contributed by atoms with Crippen molar-refractivity contribution in [2.45, 2.75) is 19.3 Å². The molecule has 1 aromatic heterocycles. The minimum Gasteiger partial charge on any atom is -0.490 e. The number of ether oxygens (including phenoxy) is 2. The molecular formula is C23H19F2N3O3. The van der Waals surface area contributed by atoms with E-state index in [2.05, 4.69) is 16.3 Å². The van der Waals surface area contributed by atoms with Gasteiger partial charge in [-0.1, -0.05) is 12.0 Å². The second-order valence-corrected chi connectivity index (χ2v) is 6.89. The lowest BCUT2D eigenvalue weighted by molar-refractivity contribution is -0.116. The van der Waals surface area contributed by atoms with Crippen LogP contribution in [-0.2, 0) is 4.79 Å². The molecule has 31 heavy (non-hydrogen) atoms. The summed E-state index contributed by atoms with van der Waals surface area (Å²) in [5.74, 6) is 1.73. The molecule has 0 saturated carbocycles. The number of hydrogen-bond acceptors (Lipinski definition) is 4. The van der Waals surface area contributed by atoms with E-state index in [1.807, 2.05) is 13.0 Å². The standard InChI is InChI=1S/C23H19F2N3O3/c1-3-9-31-20-8-5-14(10-21(20)30-4-2)16-12-22(29)27-23-17(16)13-26-28(23)19-7-6-15(24)11-18(19)25/h1,5-8,10-11,13,16H,4,9,12H2,2H3,(H,27,29). The van der Waals surface area contributed by atoms with Crippen LogP contribution in [-0.4, -0.2) is 28.9 Å². The van der Waals surface area contributed by atoms with E-state index in [0.717, 1.165) is 17.7 Å². The molecule has 0 fully saturated rings. The first kappa shape index (κ1) is 20.4. The van der Waals surface area contributed by atoms with Gasteiger partial charge in [0.05, 0.1) is 12.8 Å². The number of rotatable bonds is 6. The van der Waals surface area contributed by atoms with Gasteiger partial charge in [-0.15, -0.1) is 6.42 Å². The Kier molecular flexibility index (Phi) is 5.58. The Hall–Kier alpha value is -3.86. The number of amides is 1. The number of aromatic nitrogens is 2. The molecule has 2 heterocycles. The SMILES string of the molecule is C#CCOc1ccc(C2CC(=O)Nc3c2cnn3-c2ccc(F)cc2F)cc1OCC. The van der Waals surface area contributed by atoms with Crippen LogP contribution in [0.25, 0.3) is 5.69 Å². The predicted octanol–water partition coefficient (Wildman–Crippen LogP) is 4.04. The molecule has 4 rings (SSSR count). The number of terminal acetylenes is 1. The molecule has 158 valence electrons. The summed E-state index contributed by atoms with van der Waals surface area (Å²) in [7, 11) is 0. The molecule has 1 N–H and O–H groups in total. The number of benzene rings is 2. The van der Waals surface area contributed by atoms with E-state index in [0.29, 0.717) is 29.5 Å². The number of nitrogens with zero attached hydrogens (tertiary/aromatic N) is 2. The van der Waals surface area contributed by atoms with Gasteiger partial charge in [-0.25, -0.2) is 13.5 Å². The average Bonchev–Trinajstić information content (AvgIpc) is 3.16. The average molecular weight is 423 g/mol. The van der Waals surface area contributed by atoms with Gasteiger partial charge < -0.3 is 14.8 Å². The van der Waals surface area contributed by atoms with Crippen molar-refractivity contribution in [3.05, 3.63) is 65.4 Å². The lowest BCUT2D eigenvalue weighted by Crippen LogP contribution is -2.24. The number of nitrogens with one attached hydrogen (secondary N) is 1. The van der Waals surface area contributed by atoms with E-state index in [4.69, 9.17) is 15.9 Å².